The number of sulfone groups is 1. The molecule has 0 spiro atoms. The fraction of sp³-hybridized carbons (Fsp3) is 0.391. The van der Waals surface area contributed by atoms with Crippen molar-refractivity contribution in [2.45, 2.75) is 30.6 Å². The van der Waals surface area contributed by atoms with Crippen molar-refractivity contribution in [1.82, 2.24) is 0 Å². The molecular formula is C23H26N2O6S. The van der Waals surface area contributed by atoms with Gasteiger partial charge in [0.15, 0.2) is 9.84 Å². The summed E-state index contributed by atoms with van der Waals surface area (Å²) in [5, 5.41) is 2.69. The summed E-state index contributed by atoms with van der Waals surface area (Å²) in [6, 6.07) is 9.81. The summed E-state index contributed by atoms with van der Waals surface area (Å²) >= 11 is 0. The van der Waals surface area contributed by atoms with Gasteiger partial charge in [-0.2, -0.15) is 0 Å². The molecule has 8 nitrogen and oxygen atoms in total. The quantitative estimate of drug-likeness (QED) is 0.653. The van der Waals surface area contributed by atoms with E-state index >= 15 is 0 Å². The van der Waals surface area contributed by atoms with E-state index in [2.05, 4.69) is 5.32 Å². The Bertz CT molecular complexity index is 1160. The first-order valence-electron chi connectivity index (χ1n) is 10.5. The summed E-state index contributed by atoms with van der Waals surface area (Å²) in [6.07, 6.45) is 2.30. The zero-order chi connectivity index (χ0) is 22.9. The second-order valence-corrected chi connectivity index (χ2v) is 10.1. The Morgan fingerprint density at radius 2 is 1.88 bits per heavy atom. The number of carbonyl (C=O) groups excluding carboxylic acids is 2. The van der Waals surface area contributed by atoms with Crippen LogP contribution in [0.5, 0.6) is 11.5 Å². The van der Waals surface area contributed by atoms with Gasteiger partial charge in [-0.15, -0.1) is 0 Å². The zero-order valence-corrected chi connectivity index (χ0v) is 18.9. The Kier molecular flexibility index (Phi) is 6.10. The van der Waals surface area contributed by atoms with E-state index in [1.165, 1.54) is 20.3 Å². The van der Waals surface area contributed by atoms with Gasteiger partial charge >= 0.3 is 0 Å². The lowest BCUT2D eigenvalue weighted by molar-refractivity contribution is -0.119. The van der Waals surface area contributed by atoms with Crippen LogP contribution in [0.15, 0.2) is 41.3 Å². The number of nitrogens with one attached hydrogen (secondary N) is 1. The standard InChI is InChI=1S/C23H26N2O6S/c1-30-17-5-7-19(21(14-17)31-2)24-22(26)10-12-32(28,29)18-6-8-20-16(13-18)9-11-25(20)23(27)15-3-4-15/h5-8,13-15H,3-4,9-12H2,1-2H3,(H,24,26). The maximum Gasteiger partial charge on any atom is 0.230 e. The molecule has 9 heteroatoms. The summed E-state index contributed by atoms with van der Waals surface area (Å²) < 4.78 is 36.0. The van der Waals surface area contributed by atoms with Crippen LogP contribution in [0.3, 0.4) is 0 Å². The van der Waals surface area contributed by atoms with Crippen LogP contribution in [0.1, 0.15) is 24.8 Å². The molecule has 0 unspecified atom stereocenters. The molecule has 2 amide bonds. The van der Waals surface area contributed by atoms with E-state index in [9.17, 15) is 18.0 Å². The summed E-state index contributed by atoms with van der Waals surface area (Å²) in [4.78, 5) is 26.7. The number of rotatable bonds is 8. The third-order valence-corrected chi connectivity index (χ3v) is 7.49. The summed E-state index contributed by atoms with van der Waals surface area (Å²) in [5.74, 6) is 0.498. The largest absolute Gasteiger partial charge is 0.497 e. The van der Waals surface area contributed by atoms with Gasteiger partial charge in [-0.1, -0.05) is 0 Å². The molecular weight excluding hydrogens is 432 g/mol. The molecule has 1 aliphatic heterocycles. The van der Waals surface area contributed by atoms with Gasteiger partial charge in [0.05, 0.1) is 30.6 Å². The molecule has 2 aromatic carbocycles. The van der Waals surface area contributed by atoms with Gasteiger partial charge in [0, 0.05) is 30.6 Å². The maximum atomic E-state index is 12.8. The summed E-state index contributed by atoms with van der Waals surface area (Å²) in [5.41, 5.74) is 2.09. The zero-order valence-electron chi connectivity index (χ0n) is 18.1. The predicted molar refractivity (Wildman–Crippen MR) is 120 cm³/mol. The van der Waals surface area contributed by atoms with Crippen LogP contribution in [-0.4, -0.2) is 46.7 Å². The molecule has 0 bridgehead atoms. The number of methoxy groups -OCH3 is 2. The molecule has 0 radical (unpaired) electrons. The van der Waals surface area contributed by atoms with Gasteiger partial charge < -0.3 is 19.7 Å². The van der Waals surface area contributed by atoms with Crippen LogP contribution in [-0.2, 0) is 25.8 Å². The number of nitrogens with zero attached hydrogens (tertiary/aromatic N) is 1. The van der Waals surface area contributed by atoms with Crippen LogP contribution in [0, 0.1) is 5.92 Å². The number of benzene rings is 2. The van der Waals surface area contributed by atoms with E-state index in [-0.39, 0.29) is 28.9 Å². The Morgan fingerprint density at radius 3 is 2.56 bits per heavy atom. The minimum absolute atomic E-state index is 0.118. The summed E-state index contributed by atoms with van der Waals surface area (Å²) in [6.45, 7) is 0.584. The molecule has 0 atom stereocenters. The van der Waals surface area contributed by atoms with E-state index in [1.807, 2.05) is 0 Å². The predicted octanol–water partition coefficient (Wildman–Crippen LogP) is 2.81. The van der Waals surface area contributed by atoms with Crippen molar-refractivity contribution in [3.05, 3.63) is 42.0 Å². The lowest BCUT2D eigenvalue weighted by Crippen LogP contribution is -2.30. The number of carbonyl (C=O) groups is 2. The molecule has 1 N–H and O–H groups in total. The highest BCUT2D eigenvalue weighted by atomic mass is 32.2. The van der Waals surface area contributed by atoms with Crippen LogP contribution in [0.25, 0.3) is 0 Å². The average molecular weight is 459 g/mol. The molecule has 4 rings (SSSR count). The Morgan fingerprint density at radius 1 is 1.09 bits per heavy atom. The van der Waals surface area contributed by atoms with Crippen molar-refractivity contribution in [3.8, 4) is 11.5 Å². The highest BCUT2D eigenvalue weighted by Gasteiger charge is 2.36. The third-order valence-electron chi connectivity index (χ3n) is 5.78. The lowest BCUT2D eigenvalue weighted by atomic mass is 10.2. The van der Waals surface area contributed by atoms with Crippen molar-refractivity contribution in [2.24, 2.45) is 5.92 Å². The average Bonchev–Trinajstić information content (AvgIpc) is 3.56. The van der Waals surface area contributed by atoms with Crippen molar-refractivity contribution in [3.63, 3.8) is 0 Å². The molecule has 32 heavy (non-hydrogen) atoms. The first kappa shape index (κ1) is 22.1. The molecule has 0 aromatic heterocycles. The third kappa shape index (κ3) is 4.57. The fourth-order valence-electron chi connectivity index (χ4n) is 3.81. The number of hydrogen-bond donors (Lipinski definition) is 1. The Balaban J connectivity index is 1.40. The lowest BCUT2D eigenvalue weighted by Gasteiger charge is -2.17. The van der Waals surface area contributed by atoms with Crippen molar-refractivity contribution < 1.29 is 27.5 Å². The Labute approximate surface area is 187 Å². The molecule has 170 valence electrons. The highest BCUT2D eigenvalue weighted by Crippen LogP contribution is 2.37. The van der Waals surface area contributed by atoms with Gasteiger partial charge in [0.25, 0.3) is 0 Å². The van der Waals surface area contributed by atoms with Crippen LogP contribution in [0.4, 0.5) is 11.4 Å². The normalized spacial score (nSPS) is 15.2. The van der Waals surface area contributed by atoms with Gasteiger partial charge in [0.2, 0.25) is 11.8 Å². The number of hydrogen-bond acceptors (Lipinski definition) is 6. The van der Waals surface area contributed by atoms with Gasteiger partial charge in [0.1, 0.15) is 11.5 Å². The first-order valence-corrected chi connectivity index (χ1v) is 12.2. The minimum atomic E-state index is -3.65. The Hall–Kier alpha value is -3.07. The maximum absolute atomic E-state index is 12.8. The number of fused-ring (bicyclic) bond motifs is 1. The van der Waals surface area contributed by atoms with E-state index in [0.29, 0.717) is 30.2 Å². The van der Waals surface area contributed by atoms with E-state index < -0.39 is 15.7 Å². The SMILES string of the molecule is COc1ccc(NC(=O)CCS(=O)(=O)c2ccc3c(c2)CCN3C(=O)C2CC2)c(OC)c1. The molecule has 2 aliphatic rings. The number of anilines is 2. The number of amides is 2. The topological polar surface area (TPSA) is 102 Å². The second-order valence-electron chi connectivity index (χ2n) is 7.99. The van der Waals surface area contributed by atoms with Crippen LogP contribution >= 0.6 is 0 Å². The molecule has 0 saturated heterocycles. The van der Waals surface area contributed by atoms with Crippen molar-refractivity contribution in [2.75, 3.05) is 36.7 Å². The van der Waals surface area contributed by atoms with Crippen LogP contribution in [0.2, 0.25) is 0 Å². The van der Waals surface area contributed by atoms with Gasteiger partial charge in [-0.3, -0.25) is 9.59 Å². The van der Waals surface area contributed by atoms with E-state index in [1.54, 1.807) is 35.2 Å². The highest BCUT2D eigenvalue weighted by molar-refractivity contribution is 7.91. The van der Waals surface area contributed by atoms with Gasteiger partial charge in [-0.25, -0.2) is 8.42 Å². The molecule has 1 heterocycles. The monoisotopic (exact) mass is 458 g/mol. The molecule has 1 fully saturated rings. The molecule has 2 aromatic rings. The summed E-state index contributed by atoms with van der Waals surface area (Å²) in [7, 11) is -0.651. The second kappa shape index (κ2) is 8.82. The van der Waals surface area contributed by atoms with E-state index in [4.69, 9.17) is 9.47 Å². The smallest absolute Gasteiger partial charge is 0.230 e. The van der Waals surface area contributed by atoms with Crippen LogP contribution < -0.4 is 19.7 Å². The van der Waals surface area contributed by atoms with E-state index in [0.717, 1.165) is 24.1 Å². The van der Waals surface area contributed by atoms with Crippen molar-refractivity contribution in [1.29, 1.82) is 0 Å². The minimum Gasteiger partial charge on any atom is -0.497 e. The molecule has 1 aliphatic carbocycles. The van der Waals surface area contributed by atoms with Crippen molar-refractivity contribution >= 4 is 33.0 Å². The van der Waals surface area contributed by atoms with Gasteiger partial charge in [-0.05, 0) is 55.2 Å². The first-order chi connectivity index (χ1) is 15.3. The fourth-order valence-corrected chi connectivity index (χ4v) is 5.10. The molecule has 1 saturated carbocycles. The number of ether oxygens (including phenoxy) is 2.